The van der Waals surface area contributed by atoms with Gasteiger partial charge in [-0.2, -0.15) is 5.10 Å². The van der Waals surface area contributed by atoms with E-state index < -0.39 is 0 Å². The van der Waals surface area contributed by atoms with E-state index in [-0.39, 0.29) is 0 Å². The van der Waals surface area contributed by atoms with Gasteiger partial charge in [-0.1, -0.05) is 54.1 Å². The van der Waals surface area contributed by atoms with Crippen molar-refractivity contribution in [3.05, 3.63) is 87.6 Å². The third-order valence-corrected chi connectivity index (χ3v) is 7.04. The molecule has 0 aromatic heterocycles. The van der Waals surface area contributed by atoms with Gasteiger partial charge in [0.1, 0.15) is 0 Å². The van der Waals surface area contributed by atoms with Crippen LogP contribution in [0.1, 0.15) is 24.0 Å². The standard InChI is InChI=1S/C28H33ClN4O/c29-27-10-6-24(7-11-27)22-31-12-14-33(15-13-31)30-21-26-9-8-25(20-23-4-2-1-3-5-23)28(26)32-16-18-34-19-17-32/h1-7,10-11,20-21H,8-9,12-19,22H2/b25-20-,30-21-. The molecule has 2 aliphatic heterocycles. The summed E-state index contributed by atoms with van der Waals surface area (Å²) in [7, 11) is 0. The first-order valence-electron chi connectivity index (χ1n) is 12.3. The van der Waals surface area contributed by atoms with Crippen LogP contribution >= 0.6 is 11.6 Å². The molecule has 34 heavy (non-hydrogen) atoms. The van der Waals surface area contributed by atoms with Gasteiger partial charge >= 0.3 is 0 Å². The Balaban J connectivity index is 1.26. The van der Waals surface area contributed by atoms with E-state index in [1.807, 2.05) is 12.1 Å². The number of nitrogens with zero attached hydrogens (tertiary/aromatic N) is 4. The van der Waals surface area contributed by atoms with Crippen LogP contribution in [-0.2, 0) is 11.3 Å². The lowest BCUT2D eigenvalue weighted by Crippen LogP contribution is -2.43. The Kier molecular flexibility index (Phi) is 7.64. The second-order valence-electron chi connectivity index (χ2n) is 9.15. The van der Waals surface area contributed by atoms with Gasteiger partial charge in [-0.05, 0) is 53.3 Å². The summed E-state index contributed by atoms with van der Waals surface area (Å²) in [6.45, 7) is 8.40. The summed E-state index contributed by atoms with van der Waals surface area (Å²) in [5.74, 6) is 0. The van der Waals surface area contributed by atoms with Crippen molar-refractivity contribution in [2.75, 3.05) is 52.5 Å². The van der Waals surface area contributed by atoms with Crippen molar-refractivity contribution in [1.29, 1.82) is 0 Å². The highest BCUT2D eigenvalue weighted by Gasteiger charge is 2.26. The molecule has 2 heterocycles. The second-order valence-corrected chi connectivity index (χ2v) is 9.59. The molecule has 0 spiro atoms. The van der Waals surface area contributed by atoms with Crippen molar-refractivity contribution in [2.24, 2.45) is 5.10 Å². The molecule has 0 bridgehead atoms. The first-order valence-corrected chi connectivity index (χ1v) is 12.7. The van der Waals surface area contributed by atoms with Crippen LogP contribution in [0.3, 0.4) is 0 Å². The average Bonchev–Trinajstić information content (AvgIpc) is 3.28. The van der Waals surface area contributed by atoms with Gasteiger partial charge in [-0.15, -0.1) is 0 Å². The number of piperazine rings is 1. The van der Waals surface area contributed by atoms with Gasteiger partial charge in [0.15, 0.2) is 0 Å². The lowest BCUT2D eigenvalue weighted by Gasteiger charge is -2.33. The summed E-state index contributed by atoms with van der Waals surface area (Å²) < 4.78 is 5.62. The molecule has 0 unspecified atom stereocenters. The fraction of sp³-hybridized carbons (Fsp3) is 0.393. The number of hydrazone groups is 1. The molecule has 0 amide bonds. The number of rotatable bonds is 6. The van der Waals surface area contributed by atoms with E-state index in [0.29, 0.717) is 0 Å². The SMILES string of the molecule is Clc1ccc(CN2CCN(/N=C\C3=C(N4CCOCC4)C(=C\c4ccccc4)/CC3)CC2)cc1. The highest BCUT2D eigenvalue weighted by Crippen LogP contribution is 2.35. The van der Waals surface area contributed by atoms with Gasteiger partial charge in [0.05, 0.1) is 19.4 Å². The van der Waals surface area contributed by atoms with Gasteiger partial charge in [0.2, 0.25) is 0 Å². The lowest BCUT2D eigenvalue weighted by molar-refractivity contribution is 0.0548. The minimum absolute atomic E-state index is 0.794. The van der Waals surface area contributed by atoms with Crippen LogP contribution in [0.2, 0.25) is 5.02 Å². The first-order chi connectivity index (χ1) is 16.7. The summed E-state index contributed by atoms with van der Waals surface area (Å²) in [5.41, 5.74) is 6.72. The molecule has 3 aliphatic rings. The molecule has 2 saturated heterocycles. The third kappa shape index (κ3) is 5.90. The first kappa shape index (κ1) is 23.2. The van der Waals surface area contributed by atoms with Crippen molar-refractivity contribution in [3.8, 4) is 0 Å². The van der Waals surface area contributed by atoms with Crippen LogP contribution in [0.5, 0.6) is 0 Å². The summed E-state index contributed by atoms with van der Waals surface area (Å²) in [6.07, 6.45) is 6.59. The second kappa shape index (κ2) is 11.2. The highest BCUT2D eigenvalue weighted by molar-refractivity contribution is 6.30. The Hall–Kier alpha value is -2.60. The molecule has 0 saturated carbocycles. The third-order valence-electron chi connectivity index (χ3n) is 6.78. The van der Waals surface area contributed by atoms with E-state index in [9.17, 15) is 0 Å². The minimum atomic E-state index is 0.794. The monoisotopic (exact) mass is 476 g/mol. The Morgan fingerprint density at radius 1 is 0.853 bits per heavy atom. The van der Waals surface area contributed by atoms with Crippen molar-refractivity contribution < 1.29 is 4.74 Å². The number of ether oxygens (including phenoxy) is 1. The highest BCUT2D eigenvalue weighted by atomic mass is 35.5. The maximum atomic E-state index is 6.02. The van der Waals surface area contributed by atoms with E-state index in [1.54, 1.807) is 0 Å². The van der Waals surface area contributed by atoms with E-state index >= 15 is 0 Å². The average molecular weight is 477 g/mol. The van der Waals surface area contributed by atoms with Crippen LogP contribution in [0.25, 0.3) is 6.08 Å². The predicted octanol–water partition coefficient (Wildman–Crippen LogP) is 4.91. The molecule has 2 aromatic carbocycles. The van der Waals surface area contributed by atoms with Crippen LogP contribution in [0, 0.1) is 0 Å². The number of allylic oxidation sites excluding steroid dienone is 2. The number of hydrogen-bond donors (Lipinski definition) is 0. The zero-order chi connectivity index (χ0) is 23.2. The van der Waals surface area contributed by atoms with E-state index in [1.165, 1.54) is 28.0 Å². The molecule has 2 fully saturated rings. The quantitative estimate of drug-likeness (QED) is 0.554. The van der Waals surface area contributed by atoms with Crippen molar-refractivity contribution >= 4 is 23.9 Å². The zero-order valence-electron chi connectivity index (χ0n) is 19.7. The van der Waals surface area contributed by atoms with Gasteiger partial charge in [-0.3, -0.25) is 9.91 Å². The summed E-state index contributed by atoms with van der Waals surface area (Å²) in [6, 6.07) is 18.8. The summed E-state index contributed by atoms with van der Waals surface area (Å²) in [4.78, 5) is 4.99. The molecule has 5 nitrogen and oxygen atoms in total. The molecule has 6 heteroatoms. The van der Waals surface area contributed by atoms with Gasteiger partial charge in [-0.25, -0.2) is 0 Å². The van der Waals surface area contributed by atoms with E-state index in [2.05, 4.69) is 69.6 Å². The molecule has 0 atom stereocenters. The molecule has 5 rings (SSSR count). The lowest BCUT2D eigenvalue weighted by atomic mass is 10.1. The van der Waals surface area contributed by atoms with E-state index in [4.69, 9.17) is 21.4 Å². The fourth-order valence-corrected chi connectivity index (χ4v) is 5.06. The largest absolute Gasteiger partial charge is 0.378 e. The normalized spacial score (nSPS) is 21.3. The molecule has 1 aliphatic carbocycles. The fourth-order valence-electron chi connectivity index (χ4n) is 4.93. The van der Waals surface area contributed by atoms with Crippen LogP contribution < -0.4 is 0 Å². The van der Waals surface area contributed by atoms with Gasteiger partial charge < -0.3 is 9.64 Å². The predicted molar refractivity (Wildman–Crippen MR) is 140 cm³/mol. The minimum Gasteiger partial charge on any atom is -0.378 e. The summed E-state index contributed by atoms with van der Waals surface area (Å²) in [5, 5.41) is 7.94. The van der Waals surface area contributed by atoms with Crippen LogP contribution in [0.15, 0.2) is 76.5 Å². The number of hydrogen-bond acceptors (Lipinski definition) is 5. The number of morpholine rings is 1. The maximum absolute atomic E-state index is 6.02. The van der Waals surface area contributed by atoms with Gasteiger partial charge in [0.25, 0.3) is 0 Å². The Labute approximate surface area is 207 Å². The summed E-state index contributed by atoms with van der Waals surface area (Å²) >= 11 is 6.02. The Morgan fingerprint density at radius 3 is 2.32 bits per heavy atom. The van der Waals surface area contributed by atoms with Crippen molar-refractivity contribution in [1.82, 2.24) is 14.8 Å². The molecule has 2 aromatic rings. The maximum Gasteiger partial charge on any atom is 0.0642 e. The number of benzene rings is 2. The van der Waals surface area contributed by atoms with Crippen LogP contribution in [0.4, 0.5) is 0 Å². The number of halogens is 1. The molecular weight excluding hydrogens is 444 g/mol. The Bertz CT molecular complexity index is 1030. The zero-order valence-corrected chi connectivity index (χ0v) is 20.5. The van der Waals surface area contributed by atoms with Crippen LogP contribution in [-0.4, -0.2) is 73.5 Å². The Morgan fingerprint density at radius 2 is 1.59 bits per heavy atom. The molecular formula is C28H33ClN4O. The molecule has 178 valence electrons. The topological polar surface area (TPSA) is 31.3 Å². The van der Waals surface area contributed by atoms with Crippen molar-refractivity contribution in [3.63, 3.8) is 0 Å². The molecule has 0 radical (unpaired) electrons. The van der Waals surface area contributed by atoms with E-state index in [0.717, 1.165) is 76.9 Å². The molecule has 0 N–H and O–H groups in total. The van der Waals surface area contributed by atoms with Gasteiger partial charge in [0, 0.05) is 56.5 Å². The van der Waals surface area contributed by atoms with Crippen molar-refractivity contribution in [2.45, 2.75) is 19.4 Å². The smallest absolute Gasteiger partial charge is 0.0642 e.